The first kappa shape index (κ1) is 24.0. The van der Waals surface area contributed by atoms with Crippen molar-refractivity contribution in [3.05, 3.63) is 78.5 Å². The van der Waals surface area contributed by atoms with Crippen LogP contribution in [-0.4, -0.2) is 40.5 Å². The van der Waals surface area contributed by atoms with Gasteiger partial charge in [-0.25, -0.2) is 0 Å². The number of amides is 2. The van der Waals surface area contributed by atoms with Gasteiger partial charge in [0.15, 0.2) is 0 Å². The quantitative estimate of drug-likeness (QED) is 0.324. The van der Waals surface area contributed by atoms with Crippen molar-refractivity contribution < 1.29 is 19.5 Å². The third-order valence-corrected chi connectivity index (χ3v) is 6.08. The Kier molecular flexibility index (Phi) is 7.45. The number of carbonyl (C=O) groups is 3. The third kappa shape index (κ3) is 5.35. The summed E-state index contributed by atoms with van der Waals surface area (Å²) in [4.78, 5) is 39.6. The number of aromatic nitrogens is 1. The molecule has 7 nitrogen and oxygen atoms in total. The van der Waals surface area contributed by atoms with Crippen LogP contribution >= 0.6 is 0 Å². The number of anilines is 1. The average Bonchev–Trinajstić information content (AvgIpc) is 3.23. The molecule has 180 valence electrons. The summed E-state index contributed by atoms with van der Waals surface area (Å²) in [5.41, 5.74) is 1.69. The van der Waals surface area contributed by atoms with Gasteiger partial charge < -0.3 is 19.9 Å². The molecule has 35 heavy (non-hydrogen) atoms. The first-order chi connectivity index (χ1) is 17.0. The Morgan fingerprint density at radius 3 is 2.40 bits per heavy atom. The minimum Gasteiger partial charge on any atom is -0.480 e. The van der Waals surface area contributed by atoms with E-state index in [2.05, 4.69) is 12.2 Å². The standard InChI is InChI=1S/C28H29N3O4/c1-2-3-8-16-30(24-15-9-12-20-10-4-6-13-22(20)24)26(32)18-29-28(35)25-17-21-11-5-7-14-23(21)31(25)19-27(33)34/h4-7,9-15,17H,2-3,8,16,18-19H2,1H3,(H,29,35)(H,33,34). The maximum Gasteiger partial charge on any atom is 0.323 e. The van der Waals surface area contributed by atoms with Gasteiger partial charge in [-0.2, -0.15) is 0 Å². The van der Waals surface area contributed by atoms with Crippen molar-refractivity contribution in [2.45, 2.75) is 32.7 Å². The molecule has 2 amide bonds. The molecule has 0 saturated heterocycles. The fraction of sp³-hybridized carbons (Fsp3) is 0.250. The van der Waals surface area contributed by atoms with E-state index in [0.29, 0.717) is 12.1 Å². The number of hydrogen-bond acceptors (Lipinski definition) is 3. The minimum atomic E-state index is -1.05. The third-order valence-electron chi connectivity index (χ3n) is 6.08. The summed E-state index contributed by atoms with van der Waals surface area (Å²) in [7, 11) is 0. The van der Waals surface area contributed by atoms with Crippen molar-refractivity contribution >= 4 is 45.1 Å². The van der Waals surface area contributed by atoms with Crippen LogP contribution in [0.2, 0.25) is 0 Å². The van der Waals surface area contributed by atoms with Crippen molar-refractivity contribution in [3.8, 4) is 0 Å². The molecular weight excluding hydrogens is 442 g/mol. The van der Waals surface area contributed by atoms with E-state index in [1.54, 1.807) is 23.1 Å². The van der Waals surface area contributed by atoms with Crippen LogP contribution in [0.4, 0.5) is 5.69 Å². The summed E-state index contributed by atoms with van der Waals surface area (Å²) < 4.78 is 1.46. The van der Waals surface area contributed by atoms with Gasteiger partial charge in [-0.05, 0) is 30.0 Å². The van der Waals surface area contributed by atoms with Gasteiger partial charge in [0.25, 0.3) is 5.91 Å². The van der Waals surface area contributed by atoms with Crippen LogP contribution in [0.1, 0.15) is 36.7 Å². The Morgan fingerprint density at radius 2 is 1.63 bits per heavy atom. The van der Waals surface area contributed by atoms with Gasteiger partial charge in [-0.3, -0.25) is 14.4 Å². The molecule has 4 aromatic rings. The number of aliphatic carboxylic acids is 1. The normalized spacial score (nSPS) is 11.0. The molecule has 0 aliphatic carbocycles. The van der Waals surface area contributed by atoms with E-state index in [1.807, 2.05) is 54.6 Å². The molecule has 0 saturated carbocycles. The fourth-order valence-corrected chi connectivity index (χ4v) is 4.39. The van der Waals surface area contributed by atoms with Crippen LogP contribution in [-0.2, 0) is 16.1 Å². The maximum atomic E-state index is 13.4. The smallest absolute Gasteiger partial charge is 0.323 e. The number of nitrogens with zero attached hydrogens (tertiary/aromatic N) is 2. The Morgan fingerprint density at radius 1 is 0.914 bits per heavy atom. The number of benzene rings is 3. The molecule has 0 aliphatic heterocycles. The Labute approximate surface area is 204 Å². The molecule has 0 bridgehead atoms. The van der Waals surface area contributed by atoms with Crippen LogP contribution in [0.3, 0.4) is 0 Å². The van der Waals surface area contributed by atoms with Gasteiger partial charge in [0, 0.05) is 22.8 Å². The van der Waals surface area contributed by atoms with Gasteiger partial charge in [-0.1, -0.05) is 74.4 Å². The van der Waals surface area contributed by atoms with Gasteiger partial charge in [0.05, 0.1) is 12.2 Å². The molecule has 3 aromatic carbocycles. The molecule has 0 aliphatic rings. The van der Waals surface area contributed by atoms with Crippen molar-refractivity contribution in [2.75, 3.05) is 18.0 Å². The largest absolute Gasteiger partial charge is 0.480 e. The number of carboxylic acid groups (broad SMARTS) is 1. The predicted molar refractivity (Wildman–Crippen MR) is 138 cm³/mol. The van der Waals surface area contributed by atoms with Crippen LogP contribution in [0, 0.1) is 0 Å². The van der Waals surface area contributed by atoms with Crippen LogP contribution in [0.15, 0.2) is 72.8 Å². The second-order valence-electron chi connectivity index (χ2n) is 8.50. The number of para-hydroxylation sites is 1. The predicted octanol–water partition coefficient (Wildman–Crippen LogP) is 4.83. The van der Waals surface area contributed by atoms with Gasteiger partial charge in [-0.15, -0.1) is 0 Å². The number of carbonyl (C=O) groups excluding carboxylic acids is 2. The van der Waals surface area contributed by atoms with E-state index in [1.165, 1.54) is 4.57 Å². The summed E-state index contributed by atoms with van der Waals surface area (Å²) in [5.74, 6) is -1.75. The zero-order valence-corrected chi connectivity index (χ0v) is 19.7. The van der Waals surface area contributed by atoms with Crippen LogP contribution < -0.4 is 10.2 Å². The number of carboxylic acids is 1. The zero-order valence-electron chi connectivity index (χ0n) is 19.7. The number of unbranched alkanes of at least 4 members (excludes halogenated alkanes) is 2. The van der Waals surface area contributed by atoms with E-state index < -0.39 is 11.9 Å². The molecule has 2 N–H and O–H groups in total. The highest BCUT2D eigenvalue weighted by Crippen LogP contribution is 2.27. The molecule has 0 unspecified atom stereocenters. The van der Waals surface area contributed by atoms with Crippen LogP contribution in [0.5, 0.6) is 0 Å². The van der Waals surface area contributed by atoms with E-state index in [0.717, 1.165) is 41.1 Å². The van der Waals surface area contributed by atoms with E-state index in [-0.39, 0.29) is 24.7 Å². The first-order valence-electron chi connectivity index (χ1n) is 11.9. The van der Waals surface area contributed by atoms with Crippen molar-refractivity contribution in [1.29, 1.82) is 0 Å². The molecule has 0 radical (unpaired) electrons. The number of nitrogens with one attached hydrogen (secondary N) is 1. The lowest BCUT2D eigenvalue weighted by molar-refractivity contribution is -0.137. The molecule has 1 heterocycles. The monoisotopic (exact) mass is 471 g/mol. The molecular formula is C28H29N3O4. The maximum absolute atomic E-state index is 13.4. The first-order valence-corrected chi connectivity index (χ1v) is 11.9. The minimum absolute atomic E-state index is 0.192. The lowest BCUT2D eigenvalue weighted by Crippen LogP contribution is -2.41. The molecule has 0 atom stereocenters. The highest BCUT2D eigenvalue weighted by atomic mass is 16.4. The summed E-state index contributed by atoms with van der Waals surface area (Å²) in [6.45, 7) is 2.13. The molecule has 0 fully saturated rings. The lowest BCUT2D eigenvalue weighted by atomic mass is 10.1. The Hall–Kier alpha value is -4.13. The fourth-order valence-electron chi connectivity index (χ4n) is 4.39. The zero-order chi connectivity index (χ0) is 24.8. The molecule has 4 rings (SSSR count). The van der Waals surface area contributed by atoms with Gasteiger partial charge >= 0.3 is 5.97 Å². The second-order valence-corrected chi connectivity index (χ2v) is 8.50. The number of rotatable bonds is 10. The van der Waals surface area contributed by atoms with Crippen molar-refractivity contribution in [2.24, 2.45) is 0 Å². The SMILES string of the molecule is CCCCCN(C(=O)CNC(=O)c1cc2ccccc2n1CC(=O)O)c1cccc2ccccc12. The summed E-state index contributed by atoms with van der Waals surface area (Å²) in [5, 5.41) is 14.8. The second kappa shape index (κ2) is 10.9. The van der Waals surface area contributed by atoms with Crippen molar-refractivity contribution in [1.82, 2.24) is 9.88 Å². The summed E-state index contributed by atoms with van der Waals surface area (Å²) >= 11 is 0. The molecule has 0 spiro atoms. The highest BCUT2D eigenvalue weighted by molar-refractivity contribution is 6.06. The van der Waals surface area contributed by atoms with Crippen molar-refractivity contribution in [3.63, 3.8) is 0 Å². The molecule has 7 heteroatoms. The van der Waals surface area contributed by atoms with E-state index in [4.69, 9.17) is 0 Å². The van der Waals surface area contributed by atoms with Gasteiger partial charge in [0.1, 0.15) is 12.2 Å². The van der Waals surface area contributed by atoms with E-state index >= 15 is 0 Å². The number of hydrogen-bond donors (Lipinski definition) is 2. The highest BCUT2D eigenvalue weighted by Gasteiger charge is 2.21. The number of fused-ring (bicyclic) bond motifs is 2. The lowest BCUT2D eigenvalue weighted by Gasteiger charge is -2.25. The summed E-state index contributed by atoms with van der Waals surface area (Å²) in [6.07, 6.45) is 2.88. The van der Waals surface area contributed by atoms with Gasteiger partial charge in [0.2, 0.25) is 5.91 Å². The topological polar surface area (TPSA) is 91.6 Å². The molecule has 1 aromatic heterocycles. The van der Waals surface area contributed by atoms with Crippen LogP contribution in [0.25, 0.3) is 21.7 Å². The average molecular weight is 472 g/mol. The Bertz CT molecular complexity index is 1370. The summed E-state index contributed by atoms with van der Waals surface area (Å²) in [6, 6.07) is 22.7. The van der Waals surface area contributed by atoms with E-state index in [9.17, 15) is 19.5 Å². The Balaban J connectivity index is 1.57.